The number of amides is 1. The second-order valence-corrected chi connectivity index (χ2v) is 5.59. The largest absolute Gasteiger partial charge is 0.355 e. The number of carbonyl (C=O) groups excluding carboxylic acids is 1. The summed E-state index contributed by atoms with van der Waals surface area (Å²) in [4.78, 5) is 11.9. The maximum atomic E-state index is 11.4. The highest BCUT2D eigenvalue weighted by Gasteiger charge is 2.39. The molecular weight excluding hydrogens is 230 g/mol. The standard InChI is InChI=1S/C10H16BrNO/c1-6-4-8(6)10(13)12-5-9(11)7-2-3-7/h6-9H,2-5H2,1H3,(H,12,13). The lowest BCUT2D eigenvalue weighted by molar-refractivity contribution is -0.122. The molecule has 0 bridgehead atoms. The third-order valence-corrected chi connectivity index (χ3v) is 4.12. The second-order valence-electron chi connectivity index (χ2n) is 4.42. The lowest BCUT2D eigenvalue weighted by Crippen LogP contribution is -2.31. The van der Waals surface area contributed by atoms with E-state index in [9.17, 15) is 4.79 Å². The molecule has 0 saturated heterocycles. The van der Waals surface area contributed by atoms with Crippen LogP contribution < -0.4 is 5.32 Å². The van der Waals surface area contributed by atoms with E-state index in [-0.39, 0.29) is 5.91 Å². The zero-order valence-corrected chi connectivity index (χ0v) is 9.51. The first-order chi connectivity index (χ1) is 6.18. The predicted octanol–water partition coefficient (Wildman–Crippen LogP) is 1.93. The molecule has 2 aliphatic carbocycles. The molecule has 13 heavy (non-hydrogen) atoms. The number of halogens is 1. The highest BCUT2D eigenvalue weighted by molar-refractivity contribution is 9.09. The smallest absolute Gasteiger partial charge is 0.223 e. The Morgan fingerprint density at radius 2 is 2.23 bits per heavy atom. The van der Waals surface area contributed by atoms with Gasteiger partial charge >= 0.3 is 0 Å². The van der Waals surface area contributed by atoms with Gasteiger partial charge in [0.25, 0.3) is 0 Å². The highest BCUT2D eigenvalue weighted by atomic mass is 79.9. The summed E-state index contributed by atoms with van der Waals surface area (Å²) in [6, 6.07) is 0. The Hall–Kier alpha value is -0.0500. The van der Waals surface area contributed by atoms with Gasteiger partial charge in [-0.05, 0) is 31.1 Å². The number of hydrogen-bond acceptors (Lipinski definition) is 1. The summed E-state index contributed by atoms with van der Waals surface area (Å²) in [5.74, 6) is 2.02. The predicted molar refractivity (Wildman–Crippen MR) is 55.7 cm³/mol. The third kappa shape index (κ3) is 2.46. The van der Waals surface area contributed by atoms with Gasteiger partial charge in [-0.15, -0.1) is 0 Å². The molecule has 1 N–H and O–H groups in total. The average Bonchev–Trinajstić information content (AvgIpc) is 2.91. The summed E-state index contributed by atoms with van der Waals surface area (Å²) in [5.41, 5.74) is 0. The van der Waals surface area contributed by atoms with Gasteiger partial charge in [0.05, 0.1) is 0 Å². The highest BCUT2D eigenvalue weighted by Crippen LogP contribution is 2.38. The van der Waals surface area contributed by atoms with Crippen LogP contribution in [0.25, 0.3) is 0 Å². The van der Waals surface area contributed by atoms with E-state index in [0.717, 1.165) is 18.9 Å². The molecule has 2 rings (SSSR count). The fourth-order valence-corrected chi connectivity index (χ4v) is 2.33. The molecular formula is C10H16BrNO. The monoisotopic (exact) mass is 245 g/mol. The van der Waals surface area contributed by atoms with E-state index < -0.39 is 0 Å². The van der Waals surface area contributed by atoms with Gasteiger partial charge in [-0.2, -0.15) is 0 Å². The van der Waals surface area contributed by atoms with Crippen LogP contribution in [0.15, 0.2) is 0 Å². The van der Waals surface area contributed by atoms with Crippen LogP contribution in [0.3, 0.4) is 0 Å². The minimum absolute atomic E-state index is 0.262. The van der Waals surface area contributed by atoms with E-state index in [1.54, 1.807) is 0 Å². The Balaban J connectivity index is 1.64. The van der Waals surface area contributed by atoms with E-state index in [1.165, 1.54) is 12.8 Å². The SMILES string of the molecule is CC1CC1C(=O)NCC(Br)C1CC1. The van der Waals surface area contributed by atoms with Gasteiger partial charge in [0.15, 0.2) is 0 Å². The molecule has 3 unspecified atom stereocenters. The molecule has 0 aliphatic heterocycles. The molecule has 74 valence electrons. The number of alkyl halides is 1. The average molecular weight is 246 g/mol. The first kappa shape index (κ1) is 9.50. The van der Waals surface area contributed by atoms with Crippen LogP contribution in [-0.2, 0) is 4.79 Å². The summed E-state index contributed by atoms with van der Waals surface area (Å²) in [6.45, 7) is 2.95. The lowest BCUT2D eigenvalue weighted by atomic mass is 10.2. The second kappa shape index (κ2) is 3.60. The van der Waals surface area contributed by atoms with E-state index in [1.807, 2.05) is 0 Å². The van der Waals surface area contributed by atoms with Crippen molar-refractivity contribution in [1.29, 1.82) is 0 Å². The summed E-state index contributed by atoms with van der Waals surface area (Å²) in [7, 11) is 0. The van der Waals surface area contributed by atoms with Gasteiger partial charge in [-0.3, -0.25) is 4.79 Å². The normalized spacial score (nSPS) is 34.0. The Morgan fingerprint density at radius 1 is 1.62 bits per heavy atom. The van der Waals surface area contributed by atoms with Crippen molar-refractivity contribution in [2.75, 3.05) is 6.54 Å². The van der Waals surface area contributed by atoms with Crippen LogP contribution in [-0.4, -0.2) is 17.3 Å². The van der Waals surface area contributed by atoms with Crippen molar-refractivity contribution in [2.24, 2.45) is 17.8 Å². The molecule has 2 nitrogen and oxygen atoms in total. The zero-order valence-electron chi connectivity index (χ0n) is 7.92. The first-order valence-corrected chi connectivity index (χ1v) is 6.02. The summed E-state index contributed by atoms with van der Waals surface area (Å²) in [5, 5.41) is 3.01. The van der Waals surface area contributed by atoms with Crippen LogP contribution in [0.1, 0.15) is 26.2 Å². The number of carbonyl (C=O) groups is 1. The molecule has 2 aliphatic rings. The molecule has 0 aromatic heterocycles. The van der Waals surface area contributed by atoms with Crippen molar-refractivity contribution in [2.45, 2.75) is 31.0 Å². The molecule has 0 radical (unpaired) electrons. The van der Waals surface area contributed by atoms with Gasteiger partial charge in [0, 0.05) is 17.3 Å². The Bertz CT molecular complexity index is 215. The fraction of sp³-hybridized carbons (Fsp3) is 0.900. The minimum atomic E-state index is 0.262. The molecule has 1 amide bonds. The van der Waals surface area contributed by atoms with Gasteiger partial charge in [0.1, 0.15) is 0 Å². The third-order valence-electron chi connectivity index (χ3n) is 3.05. The van der Waals surface area contributed by atoms with Crippen LogP contribution in [0.2, 0.25) is 0 Å². The Kier molecular flexibility index (Phi) is 2.63. The molecule has 2 fully saturated rings. The summed E-state index contributed by atoms with van der Waals surface area (Å²) < 4.78 is 0. The molecule has 0 heterocycles. The van der Waals surface area contributed by atoms with Crippen molar-refractivity contribution in [1.82, 2.24) is 5.32 Å². The minimum Gasteiger partial charge on any atom is -0.355 e. The van der Waals surface area contributed by atoms with Gasteiger partial charge in [-0.25, -0.2) is 0 Å². The van der Waals surface area contributed by atoms with Crippen molar-refractivity contribution < 1.29 is 4.79 Å². The molecule has 0 aromatic rings. The molecule has 2 saturated carbocycles. The molecule has 0 spiro atoms. The number of rotatable bonds is 4. The van der Waals surface area contributed by atoms with Crippen LogP contribution in [0, 0.1) is 17.8 Å². The van der Waals surface area contributed by atoms with Crippen LogP contribution in [0.4, 0.5) is 0 Å². The maximum absolute atomic E-state index is 11.4. The topological polar surface area (TPSA) is 29.1 Å². The van der Waals surface area contributed by atoms with Gasteiger partial charge in [0.2, 0.25) is 5.91 Å². The fourth-order valence-electron chi connectivity index (χ4n) is 1.64. The van der Waals surface area contributed by atoms with Crippen molar-refractivity contribution in [3.05, 3.63) is 0 Å². The lowest BCUT2D eigenvalue weighted by Gasteiger charge is -2.09. The van der Waals surface area contributed by atoms with E-state index in [0.29, 0.717) is 16.7 Å². The van der Waals surface area contributed by atoms with Gasteiger partial charge < -0.3 is 5.32 Å². The molecule has 0 aromatic carbocycles. The number of hydrogen-bond donors (Lipinski definition) is 1. The molecule has 3 heteroatoms. The van der Waals surface area contributed by atoms with Crippen molar-refractivity contribution >= 4 is 21.8 Å². The van der Waals surface area contributed by atoms with E-state index in [4.69, 9.17) is 0 Å². The quantitative estimate of drug-likeness (QED) is 0.754. The van der Waals surface area contributed by atoms with Gasteiger partial charge in [-0.1, -0.05) is 22.9 Å². The number of nitrogens with one attached hydrogen (secondary N) is 1. The van der Waals surface area contributed by atoms with Crippen molar-refractivity contribution in [3.8, 4) is 0 Å². The van der Waals surface area contributed by atoms with Crippen molar-refractivity contribution in [3.63, 3.8) is 0 Å². The first-order valence-electron chi connectivity index (χ1n) is 5.10. The van der Waals surface area contributed by atoms with Crippen LogP contribution >= 0.6 is 15.9 Å². The molecule has 3 atom stereocenters. The Morgan fingerprint density at radius 3 is 2.69 bits per heavy atom. The summed E-state index contributed by atoms with van der Waals surface area (Å²) >= 11 is 3.60. The van der Waals surface area contributed by atoms with E-state index in [2.05, 4.69) is 28.2 Å². The summed E-state index contributed by atoms with van der Waals surface area (Å²) in [6.07, 6.45) is 3.74. The van der Waals surface area contributed by atoms with E-state index >= 15 is 0 Å². The zero-order chi connectivity index (χ0) is 9.42. The Labute approximate surface area is 87.6 Å². The van der Waals surface area contributed by atoms with Crippen LogP contribution in [0.5, 0.6) is 0 Å². The maximum Gasteiger partial charge on any atom is 0.223 e.